The predicted octanol–water partition coefficient (Wildman–Crippen LogP) is 23.7. The Morgan fingerprint density at radius 2 is 0.655 bits per heavy atom. The summed E-state index contributed by atoms with van der Waals surface area (Å²) in [5.41, 5.74) is 0. The molecule has 9 nitrogen and oxygen atoms in total. The summed E-state index contributed by atoms with van der Waals surface area (Å²) in [6, 6.07) is 0. The van der Waals surface area contributed by atoms with E-state index in [0.29, 0.717) is 17.4 Å². The number of carbonyl (C=O) groups is 2. The van der Waals surface area contributed by atoms with Crippen LogP contribution in [0.3, 0.4) is 0 Å². The van der Waals surface area contributed by atoms with Crippen molar-refractivity contribution in [2.75, 3.05) is 47.5 Å². The van der Waals surface area contributed by atoms with Crippen LogP contribution in [0.4, 0.5) is 0 Å². The first-order valence-electron chi connectivity index (χ1n) is 37.1. The van der Waals surface area contributed by atoms with Crippen LogP contribution in [0, 0.1) is 0 Å². The van der Waals surface area contributed by atoms with Crippen molar-refractivity contribution in [2.45, 2.75) is 360 Å². The third-order valence-corrected chi connectivity index (χ3v) is 17.5. The summed E-state index contributed by atoms with van der Waals surface area (Å²) < 4.78 is 34.4. The summed E-state index contributed by atoms with van der Waals surface area (Å²) in [6.07, 6.45) is 91.4. The minimum atomic E-state index is -4.64. The number of phosphoric ester groups is 1. The second-order valence-electron chi connectivity index (χ2n) is 26.3. The fourth-order valence-electron chi connectivity index (χ4n) is 10.8. The Kier molecular flexibility index (Phi) is 65.8. The lowest BCUT2D eigenvalue weighted by Crippen LogP contribution is -2.37. The maximum atomic E-state index is 12.9. The summed E-state index contributed by atoms with van der Waals surface area (Å²) in [5.74, 6) is -0.814. The Morgan fingerprint density at radius 3 is 0.977 bits per heavy atom. The van der Waals surface area contributed by atoms with Gasteiger partial charge >= 0.3 is 11.9 Å². The fourth-order valence-corrected chi connectivity index (χ4v) is 11.6. The van der Waals surface area contributed by atoms with Gasteiger partial charge in [-0.15, -0.1) is 0 Å². The van der Waals surface area contributed by atoms with Gasteiger partial charge < -0.3 is 27.9 Å². The van der Waals surface area contributed by atoms with Gasteiger partial charge in [0.15, 0.2) is 6.10 Å². The molecule has 0 heterocycles. The van der Waals surface area contributed by atoms with Crippen LogP contribution in [0.2, 0.25) is 0 Å². The predicted molar refractivity (Wildman–Crippen MR) is 374 cm³/mol. The summed E-state index contributed by atoms with van der Waals surface area (Å²) in [5, 5.41) is 0. The molecule has 0 aliphatic carbocycles. The zero-order valence-electron chi connectivity index (χ0n) is 58.0. The molecule has 0 rings (SSSR count). The highest BCUT2D eigenvalue weighted by Gasteiger charge is 2.22. The second kappa shape index (κ2) is 67.8. The molecule has 0 spiro atoms. The third kappa shape index (κ3) is 72.4. The quantitative estimate of drug-likeness (QED) is 0.0195. The van der Waals surface area contributed by atoms with Gasteiger partial charge in [0.25, 0.3) is 7.82 Å². The number of carbonyl (C=O) groups excluding carboxylic acids is 2. The maximum Gasteiger partial charge on any atom is 0.306 e. The Balaban J connectivity index is 3.97. The van der Waals surface area contributed by atoms with Crippen LogP contribution in [0.1, 0.15) is 354 Å². The summed E-state index contributed by atoms with van der Waals surface area (Å²) in [7, 11) is 1.18. The highest BCUT2D eigenvalue weighted by Crippen LogP contribution is 2.38. The minimum absolute atomic E-state index is 0.0293. The second-order valence-corrected chi connectivity index (χ2v) is 27.7. The van der Waals surface area contributed by atoms with E-state index in [9.17, 15) is 19.0 Å². The first kappa shape index (κ1) is 84.5. The van der Waals surface area contributed by atoms with E-state index in [1.807, 2.05) is 21.1 Å². The maximum absolute atomic E-state index is 12.9. The Hall–Kier alpha value is -2.55. The highest BCUT2D eigenvalue weighted by molar-refractivity contribution is 7.45. The van der Waals surface area contributed by atoms with Crippen molar-refractivity contribution in [1.29, 1.82) is 0 Å². The summed E-state index contributed by atoms with van der Waals surface area (Å²) in [4.78, 5) is 38.1. The van der Waals surface area contributed by atoms with Gasteiger partial charge in [-0.25, -0.2) is 0 Å². The monoisotopic (exact) mass is 1240 g/mol. The van der Waals surface area contributed by atoms with Crippen LogP contribution in [0.15, 0.2) is 72.9 Å². The van der Waals surface area contributed by atoms with Gasteiger partial charge in [-0.3, -0.25) is 14.2 Å². The number of ether oxygens (including phenoxy) is 2. The number of hydrogen-bond acceptors (Lipinski definition) is 8. The molecule has 0 aromatic rings. The Bertz CT molecular complexity index is 1700. The molecule has 10 heteroatoms. The van der Waals surface area contributed by atoms with Crippen molar-refractivity contribution in [2.24, 2.45) is 0 Å². The van der Waals surface area contributed by atoms with Crippen LogP contribution in [0.5, 0.6) is 0 Å². The summed E-state index contributed by atoms with van der Waals surface area (Å²) in [6.45, 7) is 4.19. The topological polar surface area (TPSA) is 111 Å². The van der Waals surface area contributed by atoms with Gasteiger partial charge in [-0.2, -0.15) is 0 Å². The molecule has 0 saturated carbocycles. The number of likely N-dealkylation sites (N-methyl/N-ethyl adjacent to an activating group) is 1. The molecule has 0 aromatic heterocycles. The molecule has 2 unspecified atom stereocenters. The highest BCUT2D eigenvalue weighted by atomic mass is 31.2. The average Bonchev–Trinajstić information content (AvgIpc) is 3.56. The van der Waals surface area contributed by atoms with Crippen molar-refractivity contribution >= 4 is 19.8 Å². The molecular formula is C77H142NO8P. The lowest BCUT2D eigenvalue weighted by atomic mass is 10.0. The van der Waals surface area contributed by atoms with Gasteiger partial charge in [0, 0.05) is 12.8 Å². The molecule has 0 aromatic carbocycles. The van der Waals surface area contributed by atoms with Crippen molar-refractivity contribution in [3.63, 3.8) is 0 Å². The van der Waals surface area contributed by atoms with Crippen molar-refractivity contribution in [3.8, 4) is 0 Å². The SMILES string of the molecule is CC/C=C\C/C=C\C/C=C\C/C=C\C/C=C\C/C=C\CCCCCCCCCCCCCCCCCCCCC(=O)OC(COC(=O)CCCCCCCCCCCCCCCCCCCCCCCCCCCC)COP(=O)([O-])OCC[N+](C)(C)C. The molecule has 508 valence electrons. The molecule has 0 amide bonds. The normalized spacial score (nSPS) is 13.5. The third-order valence-electron chi connectivity index (χ3n) is 16.5. The number of phosphoric acid groups is 1. The zero-order valence-corrected chi connectivity index (χ0v) is 58.9. The van der Waals surface area contributed by atoms with E-state index in [1.54, 1.807) is 0 Å². The number of quaternary nitrogens is 1. The fraction of sp³-hybridized carbons (Fsp3) is 0.818. The molecule has 0 aliphatic rings. The van der Waals surface area contributed by atoms with Crippen LogP contribution < -0.4 is 4.89 Å². The van der Waals surface area contributed by atoms with Gasteiger partial charge in [-0.1, -0.05) is 350 Å². The van der Waals surface area contributed by atoms with E-state index in [-0.39, 0.29) is 32.0 Å². The van der Waals surface area contributed by atoms with E-state index in [2.05, 4.69) is 86.8 Å². The van der Waals surface area contributed by atoms with E-state index in [4.69, 9.17) is 18.5 Å². The smallest absolute Gasteiger partial charge is 0.306 e. The minimum Gasteiger partial charge on any atom is -0.756 e. The van der Waals surface area contributed by atoms with E-state index in [1.165, 1.54) is 244 Å². The molecule has 0 aliphatic heterocycles. The van der Waals surface area contributed by atoms with Crippen LogP contribution in [0.25, 0.3) is 0 Å². The zero-order chi connectivity index (χ0) is 63.4. The lowest BCUT2D eigenvalue weighted by molar-refractivity contribution is -0.870. The Labute approximate surface area is 539 Å². The molecule has 0 saturated heterocycles. The van der Waals surface area contributed by atoms with Gasteiger partial charge in [0.05, 0.1) is 27.7 Å². The summed E-state index contributed by atoms with van der Waals surface area (Å²) >= 11 is 0. The number of allylic oxidation sites excluding steroid dienone is 12. The van der Waals surface area contributed by atoms with E-state index < -0.39 is 26.5 Å². The van der Waals surface area contributed by atoms with Crippen LogP contribution in [-0.2, 0) is 32.7 Å². The van der Waals surface area contributed by atoms with Crippen LogP contribution in [-0.4, -0.2) is 70.0 Å². The van der Waals surface area contributed by atoms with Gasteiger partial charge in [0.2, 0.25) is 0 Å². The molecule has 0 bridgehead atoms. The molecule has 0 N–H and O–H groups in total. The lowest BCUT2D eigenvalue weighted by Gasteiger charge is -2.28. The largest absolute Gasteiger partial charge is 0.756 e. The standard InChI is InChI=1S/C77H142NO8P/c1-6-8-10-12-14-16-18-20-22-24-26-28-30-32-34-35-36-37-38-39-40-41-42-43-44-46-48-50-52-54-56-58-60-62-64-66-68-70-77(80)86-75(74-85-87(81,82)84-72-71-78(3,4)5)73-83-76(79)69-67-65-63-61-59-57-55-53-51-49-47-45-33-31-29-27-25-23-21-19-17-15-13-11-9-7-2/h8,10,14,16,20,22,26,28,32,34,36-37,75H,6-7,9,11-13,15,17-19,21,23-25,27,29-31,33,35,38-74H2,1-5H3/b10-8-,16-14-,22-20-,28-26-,34-32-,37-36-. The number of esters is 2. The number of rotatable bonds is 69. The van der Waals surface area contributed by atoms with Crippen molar-refractivity contribution < 1.29 is 42.1 Å². The van der Waals surface area contributed by atoms with Crippen LogP contribution >= 0.6 is 7.82 Å². The van der Waals surface area contributed by atoms with E-state index >= 15 is 0 Å². The molecule has 2 atom stereocenters. The van der Waals surface area contributed by atoms with E-state index in [0.717, 1.165) is 77.0 Å². The Morgan fingerprint density at radius 1 is 0.368 bits per heavy atom. The van der Waals surface area contributed by atoms with Gasteiger partial charge in [-0.05, 0) is 64.2 Å². The molecule has 87 heavy (non-hydrogen) atoms. The molecule has 0 fully saturated rings. The number of hydrogen-bond donors (Lipinski definition) is 0. The molecular weight excluding hydrogens is 1100 g/mol. The number of nitrogens with zero attached hydrogens (tertiary/aromatic N) is 1. The molecule has 0 radical (unpaired) electrons. The average molecular weight is 1240 g/mol. The number of unbranched alkanes of at least 4 members (excludes halogenated alkanes) is 43. The van der Waals surface area contributed by atoms with Crippen molar-refractivity contribution in [3.05, 3.63) is 72.9 Å². The first-order chi connectivity index (χ1) is 42.5. The first-order valence-corrected chi connectivity index (χ1v) is 38.6. The van der Waals surface area contributed by atoms with Crippen molar-refractivity contribution in [1.82, 2.24) is 0 Å². The van der Waals surface area contributed by atoms with Gasteiger partial charge in [0.1, 0.15) is 19.8 Å².